The van der Waals surface area contributed by atoms with Crippen LogP contribution in [0.2, 0.25) is 0 Å². The van der Waals surface area contributed by atoms with Crippen molar-refractivity contribution in [3.8, 4) is 11.1 Å². The van der Waals surface area contributed by atoms with Gasteiger partial charge in [0.15, 0.2) is 0 Å². The molecule has 0 bridgehead atoms. The van der Waals surface area contributed by atoms with Gasteiger partial charge in [-0.25, -0.2) is 22.0 Å². The third-order valence-corrected chi connectivity index (χ3v) is 5.08. The smallest absolute Gasteiger partial charge is 0.341 e. The van der Waals surface area contributed by atoms with Gasteiger partial charge >= 0.3 is 5.97 Å². The Morgan fingerprint density at radius 3 is 1.96 bits per heavy atom. The van der Waals surface area contributed by atoms with Crippen molar-refractivity contribution in [3.05, 3.63) is 78.1 Å². The van der Waals surface area contributed by atoms with Crippen LogP contribution in [0.25, 0.3) is 11.1 Å². The minimum Gasteiger partial charge on any atom is -0.477 e. The van der Waals surface area contributed by atoms with E-state index in [4.69, 9.17) is 5.11 Å². The number of hydrogen-bond donors (Lipinski definition) is 2. The minimum atomic E-state index is -4.12. The first-order chi connectivity index (χ1) is 12.8. The van der Waals surface area contributed by atoms with E-state index in [1.807, 2.05) is 4.72 Å². The van der Waals surface area contributed by atoms with Crippen LogP contribution in [0.5, 0.6) is 0 Å². The normalized spacial score (nSPS) is 11.2. The first-order valence-corrected chi connectivity index (χ1v) is 9.02. The number of halogens is 2. The van der Waals surface area contributed by atoms with Crippen molar-refractivity contribution in [2.75, 3.05) is 4.72 Å². The van der Waals surface area contributed by atoms with Gasteiger partial charge in [0.1, 0.15) is 17.2 Å². The summed E-state index contributed by atoms with van der Waals surface area (Å²) in [6.45, 7) is 0. The number of benzene rings is 2. The molecule has 0 spiro atoms. The number of hydrogen-bond acceptors (Lipinski definition) is 4. The molecule has 0 aliphatic carbocycles. The molecule has 0 saturated heterocycles. The van der Waals surface area contributed by atoms with Crippen molar-refractivity contribution in [1.29, 1.82) is 0 Å². The van der Waals surface area contributed by atoms with Crippen LogP contribution < -0.4 is 4.72 Å². The minimum absolute atomic E-state index is 0.122. The molecular formula is C18H12F2N2O4S. The second-order valence-corrected chi connectivity index (χ2v) is 7.17. The third-order valence-electron chi connectivity index (χ3n) is 3.69. The Balaban J connectivity index is 1.88. The Hall–Kier alpha value is -3.33. The molecule has 0 saturated carbocycles. The molecule has 0 fully saturated rings. The van der Waals surface area contributed by atoms with Gasteiger partial charge in [0, 0.05) is 12.4 Å². The van der Waals surface area contributed by atoms with Gasteiger partial charge in [0.05, 0.1) is 10.6 Å². The fourth-order valence-electron chi connectivity index (χ4n) is 2.42. The molecule has 0 aliphatic heterocycles. The SMILES string of the molecule is O=C(O)c1c(F)cc(NS(=O)(=O)c2ccc(-c3ccncc3)cc2)cc1F. The maximum absolute atomic E-state index is 13.7. The molecule has 27 heavy (non-hydrogen) atoms. The van der Waals surface area contributed by atoms with E-state index in [9.17, 15) is 22.0 Å². The number of carbonyl (C=O) groups is 1. The Morgan fingerprint density at radius 1 is 0.926 bits per heavy atom. The van der Waals surface area contributed by atoms with Crippen molar-refractivity contribution in [2.45, 2.75) is 4.90 Å². The van der Waals surface area contributed by atoms with Gasteiger partial charge in [0.25, 0.3) is 10.0 Å². The first-order valence-electron chi connectivity index (χ1n) is 7.53. The van der Waals surface area contributed by atoms with E-state index >= 15 is 0 Å². The molecule has 138 valence electrons. The number of carboxylic acids is 1. The van der Waals surface area contributed by atoms with Crippen LogP contribution in [0.1, 0.15) is 10.4 Å². The van der Waals surface area contributed by atoms with Crippen molar-refractivity contribution < 1.29 is 27.1 Å². The largest absolute Gasteiger partial charge is 0.477 e. The van der Waals surface area contributed by atoms with E-state index < -0.39 is 38.9 Å². The quantitative estimate of drug-likeness (QED) is 0.695. The molecule has 0 aliphatic rings. The van der Waals surface area contributed by atoms with Crippen LogP contribution in [0.3, 0.4) is 0 Å². The highest BCUT2D eigenvalue weighted by Crippen LogP contribution is 2.24. The Bertz CT molecular complexity index is 1080. The molecule has 0 atom stereocenters. The molecule has 2 aromatic carbocycles. The van der Waals surface area contributed by atoms with Gasteiger partial charge < -0.3 is 5.11 Å². The fourth-order valence-corrected chi connectivity index (χ4v) is 3.46. The lowest BCUT2D eigenvalue weighted by Crippen LogP contribution is -2.14. The summed E-state index contributed by atoms with van der Waals surface area (Å²) >= 11 is 0. The van der Waals surface area contributed by atoms with E-state index in [0.717, 1.165) is 11.1 Å². The lowest BCUT2D eigenvalue weighted by atomic mass is 10.1. The van der Waals surface area contributed by atoms with Gasteiger partial charge in [-0.1, -0.05) is 12.1 Å². The average molecular weight is 390 g/mol. The number of sulfonamides is 1. The van der Waals surface area contributed by atoms with Gasteiger partial charge in [-0.15, -0.1) is 0 Å². The summed E-state index contributed by atoms with van der Waals surface area (Å²) in [4.78, 5) is 14.6. The number of pyridine rings is 1. The lowest BCUT2D eigenvalue weighted by Gasteiger charge is -2.10. The predicted octanol–water partition coefficient (Wildman–Crippen LogP) is 3.53. The van der Waals surface area contributed by atoms with Gasteiger partial charge in [-0.2, -0.15) is 0 Å². The number of rotatable bonds is 5. The summed E-state index contributed by atoms with van der Waals surface area (Å²) in [7, 11) is -4.12. The highest BCUT2D eigenvalue weighted by molar-refractivity contribution is 7.92. The maximum Gasteiger partial charge on any atom is 0.341 e. The highest BCUT2D eigenvalue weighted by Gasteiger charge is 2.20. The molecule has 3 rings (SSSR count). The fraction of sp³-hybridized carbons (Fsp3) is 0. The second-order valence-electron chi connectivity index (χ2n) is 5.49. The molecule has 1 heterocycles. The van der Waals surface area contributed by atoms with Crippen molar-refractivity contribution >= 4 is 21.7 Å². The Morgan fingerprint density at radius 2 is 1.44 bits per heavy atom. The zero-order valence-electron chi connectivity index (χ0n) is 13.6. The first kappa shape index (κ1) is 18.5. The number of anilines is 1. The number of aromatic carboxylic acids is 1. The summed E-state index contributed by atoms with van der Waals surface area (Å²) in [5.74, 6) is -4.55. The molecule has 9 heteroatoms. The summed E-state index contributed by atoms with van der Waals surface area (Å²) < 4.78 is 54.3. The molecule has 1 aromatic heterocycles. The van der Waals surface area contributed by atoms with Crippen molar-refractivity contribution in [2.24, 2.45) is 0 Å². The molecule has 0 unspecified atom stereocenters. The van der Waals surface area contributed by atoms with E-state index in [2.05, 4.69) is 4.98 Å². The van der Waals surface area contributed by atoms with Crippen LogP contribution in [0.15, 0.2) is 65.8 Å². The second kappa shape index (κ2) is 7.12. The monoisotopic (exact) mass is 390 g/mol. The van der Waals surface area contributed by atoms with E-state index in [-0.39, 0.29) is 4.90 Å². The molecule has 2 N–H and O–H groups in total. The molecule has 6 nitrogen and oxygen atoms in total. The van der Waals surface area contributed by atoms with E-state index in [1.54, 1.807) is 36.7 Å². The Kier molecular flexibility index (Phi) is 4.87. The van der Waals surface area contributed by atoms with Gasteiger partial charge in [-0.3, -0.25) is 9.71 Å². The number of nitrogens with zero attached hydrogens (tertiary/aromatic N) is 1. The predicted molar refractivity (Wildman–Crippen MR) is 93.8 cm³/mol. The summed E-state index contributed by atoms with van der Waals surface area (Å²) in [5.41, 5.74) is 0.0300. The number of carboxylic acid groups (broad SMARTS) is 1. The standard InChI is InChI=1S/C18H12F2N2O4S/c19-15-9-13(10-16(20)17(15)18(23)24)22-27(25,26)14-3-1-11(2-4-14)12-5-7-21-8-6-12/h1-10,22H,(H,23,24). The molecular weight excluding hydrogens is 378 g/mol. The zero-order chi connectivity index (χ0) is 19.6. The lowest BCUT2D eigenvalue weighted by molar-refractivity contribution is 0.0686. The van der Waals surface area contributed by atoms with Crippen LogP contribution in [-0.2, 0) is 10.0 Å². The summed E-state index contributed by atoms with van der Waals surface area (Å²) in [6.07, 6.45) is 3.21. The third kappa shape index (κ3) is 3.93. The topological polar surface area (TPSA) is 96.4 Å². The van der Waals surface area contributed by atoms with Crippen molar-refractivity contribution in [3.63, 3.8) is 0 Å². The Labute approximate surface area is 153 Å². The van der Waals surface area contributed by atoms with Gasteiger partial charge in [0.2, 0.25) is 0 Å². The van der Waals surface area contributed by atoms with Crippen molar-refractivity contribution in [1.82, 2.24) is 4.98 Å². The summed E-state index contributed by atoms with van der Waals surface area (Å²) in [6, 6.07) is 10.6. The van der Waals surface area contributed by atoms with Gasteiger partial charge in [-0.05, 0) is 47.5 Å². The molecule has 0 amide bonds. The maximum atomic E-state index is 13.7. The van der Waals surface area contributed by atoms with E-state index in [0.29, 0.717) is 12.1 Å². The molecule has 3 aromatic rings. The van der Waals surface area contributed by atoms with Crippen LogP contribution in [-0.4, -0.2) is 24.5 Å². The summed E-state index contributed by atoms with van der Waals surface area (Å²) in [5, 5.41) is 8.75. The van der Waals surface area contributed by atoms with Crippen LogP contribution in [0.4, 0.5) is 14.5 Å². The van der Waals surface area contributed by atoms with Crippen LogP contribution in [0, 0.1) is 11.6 Å². The highest BCUT2D eigenvalue weighted by atomic mass is 32.2. The zero-order valence-corrected chi connectivity index (χ0v) is 14.4. The number of nitrogens with one attached hydrogen (secondary N) is 1. The van der Waals surface area contributed by atoms with Crippen LogP contribution >= 0.6 is 0 Å². The molecule has 0 radical (unpaired) electrons. The average Bonchev–Trinajstić information content (AvgIpc) is 2.61. The van der Waals surface area contributed by atoms with E-state index in [1.165, 1.54) is 12.1 Å². The number of aromatic nitrogens is 1.